The third-order valence-electron chi connectivity index (χ3n) is 0.890. The molecule has 0 aromatic carbocycles. The van der Waals surface area contributed by atoms with Gasteiger partial charge in [0.05, 0.1) is 12.4 Å². The molecule has 0 aromatic heterocycles. The van der Waals surface area contributed by atoms with Crippen LogP contribution in [-0.4, -0.2) is 42.2 Å². The molecule has 0 fully saturated rings. The summed E-state index contributed by atoms with van der Waals surface area (Å²) < 4.78 is 4.72. The topological polar surface area (TPSA) is 26.3 Å². The quantitative estimate of drug-likeness (QED) is 0.354. The van der Waals surface area contributed by atoms with Crippen LogP contribution in [0, 0.1) is 0 Å². The van der Waals surface area contributed by atoms with E-state index in [0.29, 0.717) is 6.61 Å². The molecule has 4 radical (unpaired) electrons. The molecule has 0 unspecified atom stereocenters. The summed E-state index contributed by atoms with van der Waals surface area (Å²) in [5.41, 5.74) is 0. The van der Waals surface area contributed by atoms with Crippen LogP contribution in [0.1, 0.15) is 19.8 Å². The molecule has 0 saturated heterocycles. The zero-order valence-corrected chi connectivity index (χ0v) is 9.84. The zero-order chi connectivity index (χ0) is 7.11. The maximum absolute atomic E-state index is 10.4. The summed E-state index contributed by atoms with van der Waals surface area (Å²) in [7, 11) is 0. The van der Waals surface area contributed by atoms with Crippen molar-refractivity contribution in [3.8, 4) is 0 Å². The first-order chi connectivity index (χ1) is 4.31. The van der Waals surface area contributed by atoms with Gasteiger partial charge in [-0.2, -0.15) is 12.6 Å². The van der Waals surface area contributed by atoms with Gasteiger partial charge in [0, 0.05) is 23.9 Å². The normalized spacial score (nSPS) is 8.20. The van der Waals surface area contributed by atoms with Crippen LogP contribution in [0.5, 0.6) is 0 Å². The van der Waals surface area contributed by atoms with Crippen molar-refractivity contribution in [1.29, 1.82) is 0 Å². The van der Waals surface area contributed by atoms with Crippen LogP contribution >= 0.6 is 12.6 Å². The maximum atomic E-state index is 10.4. The predicted octanol–water partition coefficient (Wildman–Crippen LogP) is 0.879. The third kappa shape index (κ3) is 8.62. The van der Waals surface area contributed by atoms with Crippen molar-refractivity contribution in [1.82, 2.24) is 0 Å². The molecule has 10 heavy (non-hydrogen) atoms. The van der Waals surface area contributed by atoms with Gasteiger partial charge < -0.3 is 4.74 Å². The number of rotatable bonds is 4. The average Bonchev–Trinajstić information content (AvgIpc) is 1.89. The number of unbranched alkanes of at least 4 members (excludes halogenated alkanes) is 1. The van der Waals surface area contributed by atoms with Gasteiger partial charge in [-0.15, -0.1) is 0 Å². The Balaban J connectivity index is 0. The zero-order valence-electron chi connectivity index (χ0n) is 6.09. The molecule has 0 saturated carbocycles. The second-order valence-corrected chi connectivity index (χ2v) is 2.05. The molecule has 0 aliphatic heterocycles. The Morgan fingerprint density at radius 2 is 2.20 bits per heavy atom. The predicted molar refractivity (Wildman–Crippen MR) is 45.5 cm³/mol. The van der Waals surface area contributed by atoms with Crippen molar-refractivity contribution in [3.63, 3.8) is 0 Å². The molecule has 0 bridgehead atoms. The standard InChI is InChI=1S/C6H12O2S.Sn/c1-2-3-4-8-6(7)5-9;/h9H,2-5H2,1H3;. The molecule has 4 heteroatoms. The maximum Gasteiger partial charge on any atom is 0.315 e. The first-order valence-corrected chi connectivity index (χ1v) is 3.71. The van der Waals surface area contributed by atoms with E-state index in [9.17, 15) is 4.79 Å². The summed E-state index contributed by atoms with van der Waals surface area (Å²) in [4.78, 5) is 10.4. The summed E-state index contributed by atoms with van der Waals surface area (Å²) in [6, 6.07) is 0. The summed E-state index contributed by atoms with van der Waals surface area (Å²) in [6.45, 7) is 2.59. The van der Waals surface area contributed by atoms with Crippen LogP contribution in [-0.2, 0) is 9.53 Å². The van der Waals surface area contributed by atoms with Crippen LogP contribution in [0.15, 0.2) is 0 Å². The van der Waals surface area contributed by atoms with Gasteiger partial charge in [0.15, 0.2) is 0 Å². The van der Waals surface area contributed by atoms with E-state index in [1.165, 1.54) is 0 Å². The van der Waals surface area contributed by atoms with E-state index in [2.05, 4.69) is 19.6 Å². The first kappa shape index (κ1) is 13.2. The van der Waals surface area contributed by atoms with Crippen molar-refractivity contribution in [2.24, 2.45) is 0 Å². The van der Waals surface area contributed by atoms with E-state index in [1.54, 1.807) is 0 Å². The minimum atomic E-state index is -0.230. The number of ether oxygens (including phenoxy) is 1. The summed E-state index contributed by atoms with van der Waals surface area (Å²) in [6.07, 6.45) is 2.00. The fraction of sp³-hybridized carbons (Fsp3) is 0.833. The molecule has 0 aromatic rings. The fourth-order valence-electron chi connectivity index (χ4n) is 0.376. The molecule has 0 amide bonds. The van der Waals surface area contributed by atoms with Crippen LogP contribution in [0.3, 0.4) is 0 Å². The summed E-state index contributed by atoms with van der Waals surface area (Å²) >= 11 is 3.74. The molecule has 0 aliphatic carbocycles. The number of carbonyl (C=O) groups excluding carboxylic acids is 1. The van der Waals surface area contributed by atoms with Crippen LogP contribution < -0.4 is 0 Å². The molecule has 0 rings (SSSR count). The molecule has 0 N–H and O–H groups in total. The Kier molecular flexibility index (Phi) is 12.7. The Hall–Kier alpha value is 0.619. The van der Waals surface area contributed by atoms with Crippen LogP contribution in [0.25, 0.3) is 0 Å². The molecule has 2 nitrogen and oxygen atoms in total. The summed E-state index contributed by atoms with van der Waals surface area (Å²) in [5, 5.41) is 0. The van der Waals surface area contributed by atoms with Crippen molar-refractivity contribution >= 4 is 42.5 Å². The Labute approximate surface area is 84.1 Å². The largest absolute Gasteiger partial charge is 0.465 e. The van der Waals surface area contributed by atoms with Gasteiger partial charge in [-0.25, -0.2) is 0 Å². The SMILES string of the molecule is CCCCOC(=O)CS.[Sn]. The molecular formula is C6H12O2SSn. The minimum Gasteiger partial charge on any atom is -0.465 e. The average molecular weight is 267 g/mol. The fourth-order valence-corrected chi connectivity index (χ4v) is 0.467. The molecule has 58 valence electrons. The van der Waals surface area contributed by atoms with Gasteiger partial charge in [0.1, 0.15) is 0 Å². The number of esters is 1. The van der Waals surface area contributed by atoms with Crippen LogP contribution in [0.4, 0.5) is 0 Å². The smallest absolute Gasteiger partial charge is 0.315 e. The number of hydrogen-bond acceptors (Lipinski definition) is 3. The Morgan fingerprint density at radius 1 is 1.60 bits per heavy atom. The van der Waals surface area contributed by atoms with E-state index >= 15 is 0 Å². The number of hydrogen-bond donors (Lipinski definition) is 1. The van der Waals surface area contributed by atoms with Crippen molar-refractivity contribution < 1.29 is 9.53 Å². The summed E-state index contributed by atoms with van der Waals surface area (Å²) in [5.74, 6) is -0.0456. The number of thiol groups is 1. The van der Waals surface area contributed by atoms with Crippen molar-refractivity contribution in [3.05, 3.63) is 0 Å². The molecule has 0 spiro atoms. The van der Waals surface area contributed by atoms with E-state index in [-0.39, 0.29) is 35.6 Å². The third-order valence-corrected chi connectivity index (χ3v) is 1.15. The Morgan fingerprint density at radius 3 is 2.60 bits per heavy atom. The monoisotopic (exact) mass is 268 g/mol. The van der Waals surface area contributed by atoms with E-state index in [0.717, 1.165) is 12.8 Å². The first-order valence-electron chi connectivity index (χ1n) is 3.07. The van der Waals surface area contributed by atoms with E-state index in [4.69, 9.17) is 4.74 Å². The van der Waals surface area contributed by atoms with Crippen LogP contribution in [0.2, 0.25) is 0 Å². The second-order valence-electron chi connectivity index (χ2n) is 1.73. The van der Waals surface area contributed by atoms with Gasteiger partial charge in [0.2, 0.25) is 0 Å². The molecule has 0 atom stereocenters. The van der Waals surface area contributed by atoms with Gasteiger partial charge in [-0.1, -0.05) is 13.3 Å². The van der Waals surface area contributed by atoms with Gasteiger partial charge in [0.25, 0.3) is 0 Å². The Bertz CT molecular complexity index is 87.8. The van der Waals surface area contributed by atoms with E-state index in [1.807, 2.05) is 0 Å². The van der Waals surface area contributed by atoms with Gasteiger partial charge in [-0.3, -0.25) is 4.79 Å². The molecular weight excluding hydrogens is 255 g/mol. The van der Waals surface area contributed by atoms with Crippen molar-refractivity contribution in [2.75, 3.05) is 12.4 Å². The minimum absolute atomic E-state index is 0. The van der Waals surface area contributed by atoms with Gasteiger partial charge in [-0.05, 0) is 6.42 Å². The molecule has 0 aliphatic rings. The van der Waals surface area contributed by atoms with Gasteiger partial charge >= 0.3 is 5.97 Å². The van der Waals surface area contributed by atoms with E-state index < -0.39 is 0 Å². The second kappa shape index (κ2) is 9.62. The number of carbonyl (C=O) groups is 1. The molecule has 0 heterocycles. The van der Waals surface area contributed by atoms with Crippen molar-refractivity contribution in [2.45, 2.75) is 19.8 Å².